The molecule has 6 N–H and O–H groups in total. The lowest BCUT2D eigenvalue weighted by atomic mass is 10.0. The summed E-state index contributed by atoms with van der Waals surface area (Å²) < 4.78 is 0. The van der Waals surface area contributed by atoms with Gasteiger partial charge in [0.1, 0.15) is 6.04 Å². The van der Waals surface area contributed by atoms with Crippen LogP contribution >= 0.6 is 0 Å². The number of piperidine rings is 1. The summed E-state index contributed by atoms with van der Waals surface area (Å²) in [5, 5.41) is 5.84. The maximum absolute atomic E-state index is 13.1. The number of benzene rings is 2. The number of hydrogen-bond acceptors (Lipinski definition) is 5. The number of amides is 2. The first-order valence-electron chi connectivity index (χ1n) is 11.9. The Bertz CT molecular complexity index is 897. The molecule has 2 aromatic carbocycles. The number of nitrogens with zero attached hydrogens (tertiary/aromatic N) is 1. The van der Waals surface area contributed by atoms with E-state index in [1.165, 1.54) is 0 Å². The zero-order valence-corrected chi connectivity index (χ0v) is 19.5. The number of hydrogen-bond donors (Lipinski definition) is 4. The molecule has 7 nitrogen and oxygen atoms in total. The predicted molar refractivity (Wildman–Crippen MR) is 133 cm³/mol. The molecule has 2 atom stereocenters. The lowest BCUT2D eigenvalue weighted by Crippen LogP contribution is -2.51. The van der Waals surface area contributed by atoms with Gasteiger partial charge in [0.2, 0.25) is 11.8 Å². The van der Waals surface area contributed by atoms with Crippen LogP contribution in [0.3, 0.4) is 0 Å². The van der Waals surface area contributed by atoms with Crippen LogP contribution in [0.2, 0.25) is 0 Å². The van der Waals surface area contributed by atoms with Gasteiger partial charge in [-0.25, -0.2) is 0 Å². The van der Waals surface area contributed by atoms with Crippen LogP contribution < -0.4 is 22.1 Å². The molecule has 7 heteroatoms. The van der Waals surface area contributed by atoms with Gasteiger partial charge in [-0.05, 0) is 75.4 Å². The third-order valence-corrected chi connectivity index (χ3v) is 6.21. The van der Waals surface area contributed by atoms with Gasteiger partial charge in [0, 0.05) is 18.3 Å². The Morgan fingerprint density at radius 3 is 2.45 bits per heavy atom. The van der Waals surface area contributed by atoms with Gasteiger partial charge in [0.05, 0.1) is 6.04 Å². The summed E-state index contributed by atoms with van der Waals surface area (Å²) in [6.07, 6.45) is 3.66. The van der Waals surface area contributed by atoms with E-state index in [0.29, 0.717) is 24.9 Å². The van der Waals surface area contributed by atoms with Crippen molar-refractivity contribution in [3.05, 3.63) is 65.7 Å². The fourth-order valence-corrected chi connectivity index (χ4v) is 4.08. The highest BCUT2D eigenvalue weighted by molar-refractivity contribution is 5.97. The van der Waals surface area contributed by atoms with E-state index in [0.717, 1.165) is 43.6 Å². The van der Waals surface area contributed by atoms with Crippen molar-refractivity contribution >= 4 is 17.5 Å². The quantitative estimate of drug-likeness (QED) is 0.442. The summed E-state index contributed by atoms with van der Waals surface area (Å²) >= 11 is 0. The second-order valence-electron chi connectivity index (χ2n) is 9.02. The van der Waals surface area contributed by atoms with Crippen LogP contribution in [0, 0.1) is 6.92 Å². The average molecular weight is 452 g/mol. The number of nitrogens with two attached hydrogens (primary N) is 2. The molecular formula is C26H37N5O2. The van der Waals surface area contributed by atoms with Gasteiger partial charge >= 0.3 is 0 Å². The summed E-state index contributed by atoms with van der Waals surface area (Å²) in [6.45, 7) is 4.60. The molecule has 1 aliphatic heterocycles. The second kappa shape index (κ2) is 12.5. The first-order valence-corrected chi connectivity index (χ1v) is 11.9. The monoisotopic (exact) mass is 451 g/mol. The van der Waals surface area contributed by atoms with E-state index in [2.05, 4.69) is 15.5 Å². The van der Waals surface area contributed by atoms with Gasteiger partial charge in [-0.1, -0.05) is 42.5 Å². The van der Waals surface area contributed by atoms with E-state index < -0.39 is 12.1 Å². The number of aryl methyl sites for hydroxylation is 2. The lowest BCUT2D eigenvalue weighted by Gasteiger charge is -2.30. The van der Waals surface area contributed by atoms with E-state index in [4.69, 9.17) is 11.5 Å². The fourth-order valence-electron chi connectivity index (χ4n) is 4.08. The minimum Gasteiger partial charge on any atom is -0.343 e. The van der Waals surface area contributed by atoms with E-state index in [1.807, 2.05) is 61.5 Å². The van der Waals surface area contributed by atoms with Crippen molar-refractivity contribution in [1.82, 2.24) is 10.2 Å². The Kier molecular flexibility index (Phi) is 9.42. The Morgan fingerprint density at radius 2 is 1.76 bits per heavy atom. The van der Waals surface area contributed by atoms with E-state index in [-0.39, 0.29) is 17.9 Å². The van der Waals surface area contributed by atoms with Crippen molar-refractivity contribution in [1.29, 1.82) is 0 Å². The summed E-state index contributed by atoms with van der Waals surface area (Å²) in [6, 6.07) is 16.5. The number of anilines is 1. The van der Waals surface area contributed by atoms with Crippen LogP contribution in [0.5, 0.6) is 0 Å². The maximum atomic E-state index is 13.1. The average Bonchev–Trinajstić information content (AvgIpc) is 2.81. The van der Waals surface area contributed by atoms with Gasteiger partial charge in [-0.15, -0.1) is 0 Å². The molecule has 0 saturated carbocycles. The molecule has 178 valence electrons. The third kappa shape index (κ3) is 8.28. The molecule has 0 aromatic heterocycles. The Balaban J connectivity index is 1.58. The second-order valence-corrected chi connectivity index (χ2v) is 9.02. The smallest absolute Gasteiger partial charge is 0.246 e. The SMILES string of the molecule is Cc1cccc(NC(=O)[C@H](CCc2ccccc2)NC(=O)[C@@H](N)CCN2CCC(N)CC2)c1. The van der Waals surface area contributed by atoms with Crippen molar-refractivity contribution in [2.75, 3.05) is 25.0 Å². The normalized spacial score (nSPS) is 16.7. The highest BCUT2D eigenvalue weighted by atomic mass is 16.2. The number of carbonyl (C=O) groups excluding carboxylic acids is 2. The largest absolute Gasteiger partial charge is 0.343 e. The van der Waals surface area contributed by atoms with Gasteiger partial charge < -0.3 is 27.0 Å². The molecule has 1 fully saturated rings. The molecule has 0 radical (unpaired) electrons. The number of carbonyl (C=O) groups is 2. The molecular weight excluding hydrogens is 414 g/mol. The number of nitrogens with one attached hydrogen (secondary N) is 2. The molecule has 1 heterocycles. The number of likely N-dealkylation sites (tertiary alicyclic amines) is 1. The molecule has 3 rings (SSSR count). The van der Waals surface area contributed by atoms with E-state index in [9.17, 15) is 9.59 Å². The van der Waals surface area contributed by atoms with Crippen LogP contribution in [0.1, 0.15) is 36.8 Å². The third-order valence-electron chi connectivity index (χ3n) is 6.21. The Labute approximate surface area is 196 Å². The van der Waals surface area contributed by atoms with Gasteiger partial charge in [-0.3, -0.25) is 9.59 Å². The predicted octanol–water partition coefficient (Wildman–Crippen LogP) is 2.19. The van der Waals surface area contributed by atoms with Gasteiger partial charge in [-0.2, -0.15) is 0 Å². The topological polar surface area (TPSA) is 113 Å². The standard InChI is InChI=1S/C26H37N5O2/c1-19-6-5-9-22(18-19)29-26(33)24(11-10-20-7-3-2-4-8-20)30-25(32)23(28)14-17-31-15-12-21(27)13-16-31/h2-9,18,21,23-24H,10-17,27-28H2,1H3,(H,29,33)(H,30,32)/t23-,24-/m0/s1. The van der Waals surface area contributed by atoms with Gasteiger partial charge in [0.25, 0.3) is 0 Å². The zero-order chi connectivity index (χ0) is 23.6. The first-order chi connectivity index (χ1) is 15.9. The van der Waals surface area contributed by atoms with Gasteiger partial charge in [0.15, 0.2) is 0 Å². The molecule has 2 aromatic rings. The summed E-state index contributed by atoms with van der Waals surface area (Å²) in [4.78, 5) is 28.2. The summed E-state index contributed by atoms with van der Waals surface area (Å²) in [7, 11) is 0. The van der Waals surface area contributed by atoms with Crippen LogP contribution in [0.25, 0.3) is 0 Å². The van der Waals surface area contributed by atoms with E-state index in [1.54, 1.807) is 0 Å². The molecule has 33 heavy (non-hydrogen) atoms. The Hall–Kier alpha value is -2.74. The molecule has 0 spiro atoms. The van der Waals surface area contributed by atoms with Crippen molar-refractivity contribution in [2.45, 2.75) is 57.2 Å². The minimum atomic E-state index is -0.669. The molecule has 1 aliphatic rings. The lowest BCUT2D eigenvalue weighted by molar-refractivity contribution is -0.127. The molecule has 0 aliphatic carbocycles. The highest BCUT2D eigenvalue weighted by Crippen LogP contribution is 2.13. The maximum Gasteiger partial charge on any atom is 0.246 e. The summed E-state index contributed by atoms with van der Waals surface area (Å²) in [5.41, 5.74) is 15.0. The van der Waals surface area contributed by atoms with Crippen LogP contribution in [0.4, 0.5) is 5.69 Å². The van der Waals surface area contributed by atoms with Crippen molar-refractivity contribution in [3.63, 3.8) is 0 Å². The zero-order valence-electron chi connectivity index (χ0n) is 19.5. The molecule has 2 amide bonds. The van der Waals surface area contributed by atoms with Crippen LogP contribution in [-0.2, 0) is 16.0 Å². The highest BCUT2D eigenvalue weighted by Gasteiger charge is 2.25. The van der Waals surface area contributed by atoms with Crippen LogP contribution in [0.15, 0.2) is 54.6 Å². The van der Waals surface area contributed by atoms with Crippen LogP contribution in [-0.4, -0.2) is 54.5 Å². The van der Waals surface area contributed by atoms with Crippen molar-refractivity contribution in [3.8, 4) is 0 Å². The summed E-state index contributed by atoms with van der Waals surface area (Å²) in [5.74, 6) is -0.525. The van der Waals surface area contributed by atoms with E-state index >= 15 is 0 Å². The van der Waals surface area contributed by atoms with Crippen molar-refractivity contribution in [2.24, 2.45) is 11.5 Å². The first kappa shape index (κ1) is 24.9. The minimum absolute atomic E-state index is 0.234. The molecule has 1 saturated heterocycles. The molecule has 0 unspecified atom stereocenters. The Morgan fingerprint density at radius 1 is 1.03 bits per heavy atom. The fraction of sp³-hybridized carbons (Fsp3) is 0.462. The molecule has 0 bridgehead atoms. The van der Waals surface area contributed by atoms with Crippen molar-refractivity contribution < 1.29 is 9.59 Å². The number of rotatable bonds is 10.